The molecule has 0 radical (unpaired) electrons. The van der Waals surface area contributed by atoms with E-state index in [2.05, 4.69) is 10.3 Å². The van der Waals surface area contributed by atoms with E-state index < -0.39 is 5.25 Å². The van der Waals surface area contributed by atoms with Crippen LogP contribution >= 0.6 is 11.8 Å². The summed E-state index contributed by atoms with van der Waals surface area (Å²) < 4.78 is 5.18. The van der Waals surface area contributed by atoms with Crippen LogP contribution in [0.2, 0.25) is 0 Å². The van der Waals surface area contributed by atoms with Gasteiger partial charge in [-0.05, 0) is 29.8 Å². The van der Waals surface area contributed by atoms with Crippen LogP contribution in [0.1, 0.15) is 12.0 Å². The molecule has 1 fully saturated rings. The third-order valence-electron chi connectivity index (χ3n) is 4.15. The number of hydrogen-bond acceptors (Lipinski definition) is 5. The van der Waals surface area contributed by atoms with E-state index in [1.807, 2.05) is 54.6 Å². The van der Waals surface area contributed by atoms with Crippen molar-refractivity contribution in [3.63, 3.8) is 0 Å². The number of methoxy groups -OCH3 is 1. The van der Waals surface area contributed by atoms with Crippen molar-refractivity contribution in [3.8, 4) is 5.75 Å². The lowest BCUT2D eigenvalue weighted by molar-refractivity contribution is -0.129. The van der Waals surface area contributed by atoms with Crippen LogP contribution in [0.25, 0.3) is 0 Å². The van der Waals surface area contributed by atoms with Crippen LogP contribution in [-0.4, -0.2) is 41.3 Å². The van der Waals surface area contributed by atoms with E-state index in [-0.39, 0.29) is 18.2 Å². The zero-order valence-electron chi connectivity index (χ0n) is 15.2. The van der Waals surface area contributed by atoms with Crippen molar-refractivity contribution in [1.29, 1.82) is 0 Å². The molecule has 1 unspecified atom stereocenters. The molecule has 0 aliphatic carbocycles. The van der Waals surface area contributed by atoms with Crippen LogP contribution in [0.15, 0.2) is 59.6 Å². The summed E-state index contributed by atoms with van der Waals surface area (Å²) in [6, 6.07) is 17.0. The molecule has 0 saturated carbocycles. The van der Waals surface area contributed by atoms with Crippen molar-refractivity contribution in [1.82, 2.24) is 10.2 Å². The van der Waals surface area contributed by atoms with Gasteiger partial charge in [0.15, 0.2) is 5.17 Å². The van der Waals surface area contributed by atoms with Gasteiger partial charge in [-0.3, -0.25) is 14.5 Å². The third kappa shape index (κ3) is 4.68. The number of rotatable bonds is 6. The summed E-state index contributed by atoms with van der Waals surface area (Å²) in [7, 11) is 3.18. The standard InChI is InChI=1S/C20H21N3O3S/c1-21-18(24)12-17-19(25)23(13-14-8-10-16(26-2)11-9-14)20(27-17)22-15-6-4-3-5-7-15/h3-11,17H,12-13H2,1-2H3,(H,21,24). The molecule has 0 aromatic heterocycles. The SMILES string of the molecule is CNC(=O)CC1SC(=Nc2ccccc2)N(Cc2ccc(OC)cc2)C1=O. The van der Waals surface area contributed by atoms with E-state index in [4.69, 9.17) is 4.74 Å². The smallest absolute Gasteiger partial charge is 0.242 e. The molecule has 2 aromatic rings. The van der Waals surface area contributed by atoms with Gasteiger partial charge in [0.2, 0.25) is 11.8 Å². The molecule has 0 spiro atoms. The summed E-state index contributed by atoms with van der Waals surface area (Å²) >= 11 is 1.33. The zero-order valence-corrected chi connectivity index (χ0v) is 16.0. The van der Waals surface area contributed by atoms with Crippen molar-refractivity contribution < 1.29 is 14.3 Å². The van der Waals surface area contributed by atoms with Crippen molar-refractivity contribution in [3.05, 3.63) is 60.2 Å². The third-order valence-corrected chi connectivity index (χ3v) is 5.33. The molecule has 27 heavy (non-hydrogen) atoms. The van der Waals surface area contributed by atoms with Gasteiger partial charge in [0.1, 0.15) is 11.0 Å². The van der Waals surface area contributed by atoms with E-state index in [0.29, 0.717) is 11.7 Å². The first-order valence-electron chi connectivity index (χ1n) is 8.56. The number of thioether (sulfide) groups is 1. The van der Waals surface area contributed by atoms with Crippen LogP contribution in [0.5, 0.6) is 5.75 Å². The van der Waals surface area contributed by atoms with Gasteiger partial charge in [0.05, 0.1) is 19.3 Å². The van der Waals surface area contributed by atoms with E-state index in [1.165, 1.54) is 11.8 Å². The quantitative estimate of drug-likeness (QED) is 0.833. The molecule has 2 amide bonds. The highest BCUT2D eigenvalue weighted by Crippen LogP contribution is 2.32. The molecule has 0 bridgehead atoms. The predicted molar refractivity (Wildman–Crippen MR) is 107 cm³/mol. The summed E-state index contributed by atoms with van der Waals surface area (Å²) in [5, 5.41) is 2.72. The van der Waals surface area contributed by atoms with Gasteiger partial charge >= 0.3 is 0 Å². The van der Waals surface area contributed by atoms with E-state index in [9.17, 15) is 9.59 Å². The molecule has 1 aliphatic heterocycles. The van der Waals surface area contributed by atoms with Crippen LogP contribution in [0.3, 0.4) is 0 Å². The average Bonchev–Trinajstić information content (AvgIpc) is 2.98. The predicted octanol–water partition coefficient (Wildman–Crippen LogP) is 2.96. The molecule has 2 aromatic carbocycles. The van der Waals surface area contributed by atoms with Crippen molar-refractivity contribution >= 4 is 34.4 Å². The Morgan fingerprint density at radius 3 is 2.52 bits per heavy atom. The van der Waals surface area contributed by atoms with E-state index >= 15 is 0 Å². The van der Waals surface area contributed by atoms with Gasteiger partial charge in [-0.25, -0.2) is 4.99 Å². The number of carbonyl (C=O) groups excluding carboxylic acids is 2. The molecule has 1 atom stereocenters. The van der Waals surface area contributed by atoms with Crippen LogP contribution in [0, 0.1) is 0 Å². The monoisotopic (exact) mass is 383 g/mol. The fraction of sp³-hybridized carbons (Fsp3) is 0.250. The Labute approximate surface area is 162 Å². The van der Waals surface area contributed by atoms with E-state index in [0.717, 1.165) is 17.0 Å². The number of amidine groups is 1. The Hall–Kier alpha value is -2.80. The molecule has 6 nitrogen and oxygen atoms in total. The number of nitrogens with one attached hydrogen (secondary N) is 1. The first-order chi connectivity index (χ1) is 13.1. The normalized spacial score (nSPS) is 18.0. The zero-order chi connectivity index (χ0) is 19.2. The van der Waals surface area contributed by atoms with Crippen molar-refractivity contribution in [2.75, 3.05) is 14.2 Å². The van der Waals surface area contributed by atoms with Gasteiger partial charge in [0.25, 0.3) is 0 Å². The second-order valence-electron chi connectivity index (χ2n) is 5.99. The first-order valence-corrected chi connectivity index (χ1v) is 9.44. The number of hydrogen-bond donors (Lipinski definition) is 1. The second-order valence-corrected chi connectivity index (χ2v) is 7.16. The summed E-state index contributed by atoms with van der Waals surface area (Å²) in [6.07, 6.45) is 0.132. The van der Waals surface area contributed by atoms with Crippen molar-refractivity contribution in [2.24, 2.45) is 4.99 Å². The summed E-state index contributed by atoms with van der Waals surface area (Å²) in [6.45, 7) is 0.395. The lowest BCUT2D eigenvalue weighted by atomic mass is 10.2. The van der Waals surface area contributed by atoms with Gasteiger partial charge in [-0.15, -0.1) is 0 Å². The van der Waals surface area contributed by atoms with Gasteiger partial charge < -0.3 is 10.1 Å². The highest BCUT2D eigenvalue weighted by atomic mass is 32.2. The minimum absolute atomic E-state index is 0.103. The molecular weight excluding hydrogens is 362 g/mol. The fourth-order valence-corrected chi connectivity index (χ4v) is 3.82. The minimum Gasteiger partial charge on any atom is -0.497 e. The highest BCUT2D eigenvalue weighted by Gasteiger charge is 2.39. The Morgan fingerprint density at radius 1 is 1.19 bits per heavy atom. The Kier molecular flexibility index (Phi) is 6.13. The molecule has 1 aliphatic rings. The number of carbonyl (C=O) groups is 2. The molecular formula is C20H21N3O3S. The van der Waals surface area contributed by atoms with Gasteiger partial charge in [0, 0.05) is 13.5 Å². The largest absolute Gasteiger partial charge is 0.497 e. The van der Waals surface area contributed by atoms with E-state index in [1.54, 1.807) is 19.1 Å². The maximum Gasteiger partial charge on any atom is 0.242 e. The van der Waals surface area contributed by atoms with Crippen LogP contribution in [-0.2, 0) is 16.1 Å². The van der Waals surface area contributed by atoms with Gasteiger partial charge in [-0.2, -0.15) is 0 Å². The molecule has 1 saturated heterocycles. The Bertz CT molecular complexity index is 837. The Balaban J connectivity index is 1.86. The second kappa shape index (κ2) is 8.73. The summed E-state index contributed by atoms with van der Waals surface area (Å²) in [4.78, 5) is 30.9. The average molecular weight is 383 g/mol. The highest BCUT2D eigenvalue weighted by molar-refractivity contribution is 8.15. The number of ether oxygens (including phenoxy) is 1. The van der Waals surface area contributed by atoms with Crippen molar-refractivity contribution in [2.45, 2.75) is 18.2 Å². The molecule has 1 N–H and O–H groups in total. The lowest BCUT2D eigenvalue weighted by Crippen LogP contribution is -2.33. The number of amides is 2. The minimum atomic E-state index is -0.467. The molecule has 3 rings (SSSR count). The maximum atomic E-state index is 12.9. The van der Waals surface area contributed by atoms with Crippen LogP contribution < -0.4 is 10.1 Å². The van der Waals surface area contributed by atoms with Gasteiger partial charge in [-0.1, -0.05) is 42.1 Å². The topological polar surface area (TPSA) is 71.0 Å². The number of nitrogens with zero attached hydrogens (tertiary/aromatic N) is 2. The maximum absolute atomic E-state index is 12.9. The number of benzene rings is 2. The number of para-hydroxylation sites is 1. The van der Waals surface area contributed by atoms with Crippen LogP contribution in [0.4, 0.5) is 5.69 Å². The molecule has 140 valence electrons. The molecule has 7 heteroatoms. The summed E-state index contributed by atoms with van der Waals surface area (Å²) in [5.41, 5.74) is 1.74. The first kappa shape index (κ1) is 19.0. The lowest BCUT2D eigenvalue weighted by Gasteiger charge is -2.17. The summed E-state index contributed by atoms with van der Waals surface area (Å²) in [5.74, 6) is 0.497. The number of aliphatic imine (C=N–C) groups is 1. The fourth-order valence-electron chi connectivity index (χ4n) is 2.67. The molecule has 1 heterocycles. The Morgan fingerprint density at radius 2 is 1.89 bits per heavy atom.